The molecule has 0 amide bonds. The van der Waals surface area contributed by atoms with Crippen molar-refractivity contribution in [2.45, 2.75) is 74.6 Å². The van der Waals surface area contributed by atoms with E-state index in [2.05, 4.69) is 4.72 Å². The summed E-state index contributed by atoms with van der Waals surface area (Å²) < 4.78 is 70.4. The topological polar surface area (TPSA) is 103 Å². The molecule has 1 aliphatic heterocycles. The van der Waals surface area contributed by atoms with Gasteiger partial charge in [0.2, 0.25) is 10.0 Å². The Kier molecular flexibility index (Phi) is 6.93. The van der Waals surface area contributed by atoms with Crippen LogP contribution in [-0.4, -0.2) is 52.0 Å². The van der Waals surface area contributed by atoms with Crippen LogP contribution in [0.15, 0.2) is 46.3 Å². The molecule has 0 aromatic heterocycles. The Morgan fingerprint density at radius 2 is 1.89 bits per heavy atom. The van der Waals surface area contributed by atoms with Gasteiger partial charge in [-0.25, -0.2) is 13.1 Å². The van der Waals surface area contributed by atoms with Crippen molar-refractivity contribution in [1.82, 2.24) is 4.72 Å². The minimum absolute atomic E-state index is 0.0453. The molecule has 0 bridgehead atoms. The number of sulfonamides is 1. The molecule has 0 spiro atoms. The van der Waals surface area contributed by atoms with Crippen LogP contribution in [0.2, 0.25) is 0 Å². The molecular weight excluding hydrogens is 506 g/mol. The van der Waals surface area contributed by atoms with E-state index in [0.717, 1.165) is 18.4 Å². The minimum Gasteiger partial charge on any atom is -0.493 e. The van der Waals surface area contributed by atoms with Gasteiger partial charge in [0.1, 0.15) is 6.10 Å². The summed E-state index contributed by atoms with van der Waals surface area (Å²) in [5, 5.41) is 0. The number of aliphatic imine (C=N–C) groups is 1. The summed E-state index contributed by atoms with van der Waals surface area (Å²) in [7, 11) is -2.34. The fourth-order valence-electron chi connectivity index (χ4n) is 5.15. The lowest BCUT2D eigenvalue weighted by molar-refractivity contribution is -0.148. The van der Waals surface area contributed by atoms with E-state index in [-0.39, 0.29) is 46.5 Å². The first-order valence-corrected chi connectivity index (χ1v) is 13.7. The molecule has 2 aromatic carbocycles. The minimum atomic E-state index is -3.71. The van der Waals surface area contributed by atoms with Crippen molar-refractivity contribution >= 4 is 21.7 Å². The molecule has 2 saturated carbocycles. The van der Waals surface area contributed by atoms with Gasteiger partial charge in [-0.1, -0.05) is 12.1 Å². The fraction of sp³-hybridized carbons (Fsp3) is 0.462. The molecule has 8 nitrogen and oxygen atoms in total. The molecule has 2 aromatic rings. The Balaban J connectivity index is 1.60. The molecule has 1 heterocycles. The summed E-state index contributed by atoms with van der Waals surface area (Å²) in [6.45, 7) is -1.69. The molecule has 0 saturated heterocycles. The summed E-state index contributed by atoms with van der Waals surface area (Å²) in [5.41, 5.74) is 2.39. The molecule has 1 N–H and O–H groups in total. The molecule has 3 atom stereocenters. The largest absolute Gasteiger partial charge is 0.493 e. The van der Waals surface area contributed by atoms with Gasteiger partial charge < -0.3 is 14.2 Å². The fourth-order valence-corrected chi connectivity index (χ4v) is 6.50. The van der Waals surface area contributed by atoms with Crippen molar-refractivity contribution in [1.29, 1.82) is 0 Å². The van der Waals surface area contributed by atoms with Crippen LogP contribution in [0.25, 0.3) is 0 Å². The smallest absolute Gasteiger partial charge is 0.387 e. The second kappa shape index (κ2) is 10.0. The second-order valence-corrected chi connectivity index (χ2v) is 11.3. The lowest BCUT2D eigenvalue weighted by Gasteiger charge is -2.38. The van der Waals surface area contributed by atoms with Crippen molar-refractivity contribution in [3.05, 3.63) is 53.1 Å². The number of alkyl halides is 2. The number of benzene rings is 2. The van der Waals surface area contributed by atoms with Crippen molar-refractivity contribution in [2.75, 3.05) is 7.11 Å². The highest BCUT2D eigenvalue weighted by Crippen LogP contribution is 2.45. The Hall–Kier alpha value is -3.05. The van der Waals surface area contributed by atoms with Crippen LogP contribution in [0.5, 0.6) is 11.5 Å². The third-order valence-electron chi connectivity index (χ3n) is 6.92. The quantitative estimate of drug-likeness (QED) is 0.511. The second-order valence-electron chi connectivity index (χ2n) is 9.59. The maximum Gasteiger partial charge on any atom is 0.387 e. The van der Waals surface area contributed by atoms with Crippen LogP contribution in [0.4, 0.5) is 8.78 Å². The van der Waals surface area contributed by atoms with E-state index >= 15 is 0 Å². The van der Waals surface area contributed by atoms with Crippen molar-refractivity contribution in [3.63, 3.8) is 0 Å². The monoisotopic (exact) mass is 534 g/mol. The Morgan fingerprint density at radius 1 is 1.11 bits per heavy atom. The van der Waals surface area contributed by atoms with E-state index in [1.54, 1.807) is 24.3 Å². The number of ether oxygens (including phenoxy) is 3. The number of nitrogens with zero attached hydrogens (tertiary/aromatic N) is 1. The normalized spacial score (nSPS) is 23.1. The number of fused-ring (bicyclic) bond motifs is 3. The first-order chi connectivity index (χ1) is 17.6. The average Bonchev–Trinajstić information content (AvgIpc) is 3.66. The zero-order chi connectivity index (χ0) is 26.3. The first kappa shape index (κ1) is 25.6. The molecule has 11 heteroatoms. The number of halogens is 2. The van der Waals surface area contributed by atoms with E-state index in [0.29, 0.717) is 36.1 Å². The van der Waals surface area contributed by atoms with E-state index in [1.165, 1.54) is 26.2 Å². The Labute approximate surface area is 214 Å². The highest BCUT2D eigenvalue weighted by Gasteiger charge is 2.39. The molecule has 198 valence electrons. The molecule has 0 radical (unpaired) electrons. The maximum atomic E-state index is 13.2. The number of carbonyl (C=O) groups excluding carboxylic acids is 1. The van der Waals surface area contributed by atoms with Crippen LogP contribution >= 0.6 is 0 Å². The third-order valence-corrected chi connectivity index (χ3v) is 8.43. The number of methoxy groups -OCH3 is 1. The summed E-state index contributed by atoms with van der Waals surface area (Å²) >= 11 is 0. The highest BCUT2D eigenvalue weighted by atomic mass is 32.2. The van der Waals surface area contributed by atoms with E-state index in [1.807, 2.05) is 0 Å². The molecule has 2 aliphatic carbocycles. The summed E-state index contributed by atoms with van der Waals surface area (Å²) in [4.78, 5) is 16.7. The van der Waals surface area contributed by atoms with Crippen LogP contribution in [0, 0.1) is 0 Å². The molecule has 5 rings (SSSR count). The highest BCUT2D eigenvalue weighted by molar-refractivity contribution is 7.89. The SMILES string of the molecule is COc1cc2c(cc1OC(F)F)C(c1cccc(S(=O)(=O)NC3CC3)c1)=NC1CCC(OC(C)=O)CC21. The standard InChI is InChI=1S/C26H28F2N2O6S/c1-14(31)35-17-8-9-22-20(11-17)19-12-23(34-2)24(36-26(27)28)13-21(19)25(29-22)15-4-3-5-18(10-15)37(32,33)30-16-6-7-16/h3-5,10,12-13,16-17,20,22,26,30H,6-9,11H2,1-2H3. The average molecular weight is 535 g/mol. The van der Waals surface area contributed by atoms with Crippen LogP contribution in [0.1, 0.15) is 61.6 Å². The van der Waals surface area contributed by atoms with E-state index < -0.39 is 16.6 Å². The predicted octanol–water partition coefficient (Wildman–Crippen LogP) is 4.16. The van der Waals surface area contributed by atoms with Crippen LogP contribution < -0.4 is 14.2 Å². The summed E-state index contributed by atoms with van der Waals surface area (Å²) in [5.74, 6) is -0.498. The Bertz CT molecular complexity index is 1340. The zero-order valence-corrected chi connectivity index (χ0v) is 21.3. The molecule has 2 fully saturated rings. The van der Waals surface area contributed by atoms with Gasteiger partial charge in [0, 0.05) is 30.0 Å². The van der Waals surface area contributed by atoms with Gasteiger partial charge in [-0.15, -0.1) is 0 Å². The van der Waals surface area contributed by atoms with Gasteiger partial charge in [0.25, 0.3) is 0 Å². The number of hydrogen-bond acceptors (Lipinski definition) is 7. The number of rotatable bonds is 8. The summed E-state index contributed by atoms with van der Waals surface area (Å²) in [6.07, 6.45) is 3.14. The van der Waals surface area contributed by atoms with Gasteiger partial charge in [0.05, 0.1) is 23.8 Å². The van der Waals surface area contributed by atoms with Crippen molar-refractivity contribution in [2.24, 2.45) is 4.99 Å². The van der Waals surface area contributed by atoms with E-state index in [9.17, 15) is 22.0 Å². The number of esters is 1. The molecule has 3 aliphatic rings. The van der Waals surface area contributed by atoms with Gasteiger partial charge in [-0.3, -0.25) is 9.79 Å². The van der Waals surface area contributed by atoms with E-state index in [4.69, 9.17) is 19.2 Å². The van der Waals surface area contributed by atoms with Crippen molar-refractivity contribution < 1.29 is 36.2 Å². The number of carbonyl (C=O) groups is 1. The van der Waals surface area contributed by atoms with Gasteiger partial charge in [0.15, 0.2) is 11.5 Å². The number of nitrogens with one attached hydrogen (secondary N) is 1. The molecule has 3 unspecified atom stereocenters. The number of hydrogen-bond donors (Lipinski definition) is 1. The predicted molar refractivity (Wildman–Crippen MR) is 131 cm³/mol. The molecule has 37 heavy (non-hydrogen) atoms. The maximum absolute atomic E-state index is 13.2. The van der Waals surface area contributed by atoms with Crippen LogP contribution in [0.3, 0.4) is 0 Å². The zero-order valence-electron chi connectivity index (χ0n) is 20.4. The third kappa shape index (κ3) is 5.47. The van der Waals surface area contributed by atoms with Gasteiger partial charge >= 0.3 is 12.6 Å². The van der Waals surface area contributed by atoms with Crippen molar-refractivity contribution in [3.8, 4) is 11.5 Å². The lowest BCUT2D eigenvalue weighted by Crippen LogP contribution is -2.36. The molecular formula is C26H28F2N2O6S. The lowest BCUT2D eigenvalue weighted by atomic mass is 9.74. The van der Waals surface area contributed by atoms with Crippen LogP contribution in [-0.2, 0) is 19.6 Å². The van der Waals surface area contributed by atoms with Gasteiger partial charge in [-0.2, -0.15) is 8.78 Å². The summed E-state index contributed by atoms with van der Waals surface area (Å²) in [6, 6.07) is 9.39. The van der Waals surface area contributed by atoms with Gasteiger partial charge in [-0.05, 0) is 61.9 Å². The Morgan fingerprint density at radius 3 is 2.57 bits per heavy atom. The first-order valence-electron chi connectivity index (χ1n) is 12.2.